The van der Waals surface area contributed by atoms with E-state index in [1.54, 1.807) is 0 Å². The molecule has 0 saturated heterocycles. The van der Waals surface area contributed by atoms with Gasteiger partial charge in [0, 0.05) is 23.2 Å². The minimum Gasteiger partial charge on any atom is -0.326 e. The molecule has 1 aromatic rings. The minimum absolute atomic E-state index is 0.00281. The summed E-state index contributed by atoms with van der Waals surface area (Å²) in [7, 11) is 0. The van der Waals surface area contributed by atoms with Gasteiger partial charge in [0.15, 0.2) is 0 Å². The van der Waals surface area contributed by atoms with Crippen LogP contribution in [0.2, 0.25) is 0 Å². The smallest absolute Gasteiger partial charge is 0.227 e. The maximum absolute atomic E-state index is 12.2. The Hall–Kier alpha value is -1.84. The highest BCUT2D eigenvalue weighted by Gasteiger charge is 2.47. The Kier molecular flexibility index (Phi) is 3.70. The number of amides is 2. The summed E-state index contributed by atoms with van der Waals surface area (Å²) in [6.07, 6.45) is 3.44. The van der Waals surface area contributed by atoms with E-state index in [0.717, 1.165) is 36.1 Å². The Balaban J connectivity index is 1.54. The van der Waals surface area contributed by atoms with Crippen LogP contribution in [0.1, 0.15) is 33.1 Å². The molecule has 2 amide bonds. The molecule has 1 aromatic carbocycles. The number of carbonyl (C=O) groups excluding carboxylic acids is 2. The van der Waals surface area contributed by atoms with Crippen LogP contribution in [0.15, 0.2) is 24.3 Å². The van der Waals surface area contributed by atoms with Gasteiger partial charge in [-0.3, -0.25) is 9.59 Å². The largest absolute Gasteiger partial charge is 0.326 e. The first-order valence-corrected chi connectivity index (χ1v) is 7.74. The summed E-state index contributed by atoms with van der Waals surface area (Å²) in [5, 5.41) is 5.81. The second-order valence-corrected chi connectivity index (χ2v) is 6.63. The number of benzene rings is 1. The first-order valence-electron chi connectivity index (χ1n) is 7.74. The van der Waals surface area contributed by atoms with Crippen molar-refractivity contribution in [2.75, 3.05) is 10.6 Å². The predicted molar refractivity (Wildman–Crippen MR) is 82.9 cm³/mol. The van der Waals surface area contributed by atoms with Crippen molar-refractivity contribution in [3.05, 3.63) is 24.3 Å². The fourth-order valence-corrected chi connectivity index (χ4v) is 3.10. The van der Waals surface area contributed by atoms with E-state index >= 15 is 0 Å². The van der Waals surface area contributed by atoms with Gasteiger partial charge in [-0.15, -0.1) is 0 Å². The van der Waals surface area contributed by atoms with E-state index in [0.29, 0.717) is 0 Å². The number of nitrogens with one attached hydrogen (secondary N) is 2. The van der Waals surface area contributed by atoms with Crippen LogP contribution in [0, 0.1) is 23.7 Å². The Labute approximate surface area is 125 Å². The summed E-state index contributed by atoms with van der Waals surface area (Å²) in [5.74, 6) is 1.91. The Morgan fingerprint density at radius 2 is 1.48 bits per heavy atom. The van der Waals surface area contributed by atoms with Crippen LogP contribution >= 0.6 is 0 Å². The summed E-state index contributed by atoms with van der Waals surface area (Å²) in [6.45, 7) is 3.71. The monoisotopic (exact) mass is 286 g/mol. The number of anilines is 2. The zero-order chi connectivity index (χ0) is 15.0. The molecular weight excluding hydrogens is 264 g/mol. The molecule has 2 aliphatic rings. The number of fused-ring (bicyclic) bond motifs is 1. The molecule has 2 aliphatic carbocycles. The van der Waals surface area contributed by atoms with E-state index in [9.17, 15) is 9.59 Å². The van der Waals surface area contributed by atoms with E-state index in [1.165, 1.54) is 6.42 Å². The minimum atomic E-state index is -0.0434. The third kappa shape index (κ3) is 3.26. The van der Waals surface area contributed by atoms with Crippen LogP contribution in [0.3, 0.4) is 0 Å². The van der Waals surface area contributed by atoms with Gasteiger partial charge in [0.05, 0.1) is 0 Å². The van der Waals surface area contributed by atoms with Crippen molar-refractivity contribution in [1.82, 2.24) is 0 Å². The fourth-order valence-electron chi connectivity index (χ4n) is 3.10. The van der Waals surface area contributed by atoms with Gasteiger partial charge in [0.25, 0.3) is 0 Å². The molecule has 2 fully saturated rings. The molecule has 0 aliphatic heterocycles. The maximum atomic E-state index is 12.2. The number of rotatable bonds is 4. The van der Waals surface area contributed by atoms with Gasteiger partial charge in [-0.05, 0) is 55.4 Å². The normalized spacial score (nSPS) is 26.3. The Morgan fingerprint density at radius 3 is 2.00 bits per heavy atom. The molecule has 21 heavy (non-hydrogen) atoms. The third-order valence-electron chi connectivity index (χ3n) is 4.56. The SMILES string of the molecule is CC(C)C(=O)Nc1ccc(NC(=O)C2CC3CC3C2)cc1. The second-order valence-electron chi connectivity index (χ2n) is 6.63. The lowest BCUT2D eigenvalue weighted by atomic mass is 10.0. The molecule has 0 bridgehead atoms. The van der Waals surface area contributed by atoms with Crippen LogP contribution in [0.25, 0.3) is 0 Å². The van der Waals surface area contributed by atoms with Gasteiger partial charge in [-0.2, -0.15) is 0 Å². The molecule has 0 aromatic heterocycles. The number of carbonyl (C=O) groups is 2. The van der Waals surface area contributed by atoms with Crippen molar-refractivity contribution in [2.24, 2.45) is 23.7 Å². The predicted octanol–water partition coefficient (Wildman–Crippen LogP) is 3.27. The average Bonchev–Trinajstić information content (AvgIpc) is 3.07. The molecule has 0 radical (unpaired) electrons. The molecule has 2 unspecified atom stereocenters. The average molecular weight is 286 g/mol. The van der Waals surface area contributed by atoms with Crippen LogP contribution in [0.4, 0.5) is 11.4 Å². The van der Waals surface area contributed by atoms with Gasteiger partial charge in [0.2, 0.25) is 11.8 Å². The van der Waals surface area contributed by atoms with Gasteiger partial charge in [0.1, 0.15) is 0 Å². The van der Waals surface area contributed by atoms with E-state index in [-0.39, 0.29) is 23.7 Å². The third-order valence-corrected chi connectivity index (χ3v) is 4.56. The molecule has 4 heteroatoms. The highest BCUT2D eigenvalue weighted by Crippen LogP contribution is 2.54. The van der Waals surface area contributed by atoms with E-state index in [1.807, 2.05) is 38.1 Å². The van der Waals surface area contributed by atoms with Crippen molar-refractivity contribution in [2.45, 2.75) is 33.1 Å². The van der Waals surface area contributed by atoms with Crippen LogP contribution in [-0.4, -0.2) is 11.8 Å². The highest BCUT2D eigenvalue weighted by atomic mass is 16.2. The summed E-state index contributed by atoms with van der Waals surface area (Å²) in [5.41, 5.74) is 1.55. The molecule has 4 nitrogen and oxygen atoms in total. The molecule has 0 heterocycles. The summed E-state index contributed by atoms with van der Waals surface area (Å²) >= 11 is 0. The van der Waals surface area contributed by atoms with Crippen molar-refractivity contribution in [3.63, 3.8) is 0 Å². The fraction of sp³-hybridized carbons (Fsp3) is 0.529. The lowest BCUT2D eigenvalue weighted by Crippen LogP contribution is -2.21. The summed E-state index contributed by atoms with van der Waals surface area (Å²) < 4.78 is 0. The van der Waals surface area contributed by atoms with Crippen molar-refractivity contribution >= 4 is 23.2 Å². The number of hydrogen-bond acceptors (Lipinski definition) is 2. The second kappa shape index (κ2) is 5.51. The molecule has 2 N–H and O–H groups in total. The molecular formula is C17H22N2O2. The molecule has 0 spiro atoms. The van der Waals surface area contributed by atoms with Gasteiger partial charge in [-0.1, -0.05) is 13.8 Å². The summed E-state index contributed by atoms with van der Waals surface area (Å²) in [4.78, 5) is 23.8. The Morgan fingerprint density at radius 1 is 0.952 bits per heavy atom. The van der Waals surface area contributed by atoms with E-state index in [2.05, 4.69) is 10.6 Å². The molecule has 2 atom stereocenters. The van der Waals surface area contributed by atoms with Crippen LogP contribution in [0.5, 0.6) is 0 Å². The molecule has 112 valence electrons. The standard InChI is InChI=1S/C17H22N2O2/c1-10(2)16(20)18-14-3-5-15(6-4-14)19-17(21)13-8-11-7-12(11)9-13/h3-6,10-13H,7-9H2,1-2H3,(H,18,20)(H,19,21). The first kappa shape index (κ1) is 14.1. The van der Waals surface area contributed by atoms with Crippen molar-refractivity contribution in [1.29, 1.82) is 0 Å². The topological polar surface area (TPSA) is 58.2 Å². The van der Waals surface area contributed by atoms with Gasteiger partial charge in [-0.25, -0.2) is 0 Å². The van der Waals surface area contributed by atoms with Crippen molar-refractivity contribution in [3.8, 4) is 0 Å². The lowest BCUT2D eigenvalue weighted by Gasteiger charge is -2.13. The first-order chi connectivity index (χ1) is 10.0. The quantitative estimate of drug-likeness (QED) is 0.892. The van der Waals surface area contributed by atoms with Gasteiger partial charge >= 0.3 is 0 Å². The maximum Gasteiger partial charge on any atom is 0.227 e. The Bertz CT molecular complexity index is 540. The molecule has 3 rings (SSSR count). The highest BCUT2D eigenvalue weighted by molar-refractivity contribution is 5.94. The van der Waals surface area contributed by atoms with E-state index in [4.69, 9.17) is 0 Å². The molecule has 2 saturated carbocycles. The zero-order valence-corrected chi connectivity index (χ0v) is 12.6. The van der Waals surface area contributed by atoms with E-state index < -0.39 is 0 Å². The van der Waals surface area contributed by atoms with Crippen molar-refractivity contribution < 1.29 is 9.59 Å². The summed E-state index contributed by atoms with van der Waals surface area (Å²) in [6, 6.07) is 7.32. The van der Waals surface area contributed by atoms with Gasteiger partial charge < -0.3 is 10.6 Å². The lowest BCUT2D eigenvalue weighted by molar-refractivity contribution is -0.120. The number of hydrogen-bond donors (Lipinski definition) is 2. The zero-order valence-electron chi connectivity index (χ0n) is 12.6. The van der Waals surface area contributed by atoms with Crippen LogP contribution < -0.4 is 10.6 Å². The van der Waals surface area contributed by atoms with Crippen LogP contribution in [-0.2, 0) is 9.59 Å².